The number of morpholine rings is 1. The summed E-state index contributed by atoms with van der Waals surface area (Å²) in [7, 11) is 0. The molecule has 2 aromatic heterocycles. The molecule has 6 heteroatoms. The molecule has 0 bridgehead atoms. The van der Waals surface area contributed by atoms with Crippen molar-refractivity contribution in [1.82, 2.24) is 9.97 Å². The van der Waals surface area contributed by atoms with Gasteiger partial charge in [0.2, 0.25) is 0 Å². The SMILES string of the molecule is Fc1ccc2[nH]c3c(c2c1)CCN(c1ccc(N2CCOCC2)nc1)C3. The minimum absolute atomic E-state index is 0.176. The third-order valence-electron chi connectivity index (χ3n) is 5.37. The van der Waals surface area contributed by atoms with E-state index in [0.29, 0.717) is 0 Å². The van der Waals surface area contributed by atoms with E-state index in [4.69, 9.17) is 4.74 Å². The zero-order chi connectivity index (χ0) is 17.5. The summed E-state index contributed by atoms with van der Waals surface area (Å²) in [6.45, 7) is 5.02. The molecule has 0 atom stereocenters. The Balaban J connectivity index is 1.38. The van der Waals surface area contributed by atoms with E-state index >= 15 is 0 Å². The molecule has 2 aliphatic heterocycles. The molecule has 4 heterocycles. The van der Waals surface area contributed by atoms with Crippen LogP contribution in [0.2, 0.25) is 0 Å². The first-order valence-corrected chi connectivity index (χ1v) is 9.10. The number of H-pyrrole nitrogens is 1. The number of aromatic nitrogens is 2. The topological polar surface area (TPSA) is 44.4 Å². The molecule has 0 saturated carbocycles. The van der Waals surface area contributed by atoms with Crippen LogP contribution in [0.15, 0.2) is 36.5 Å². The molecule has 1 N–H and O–H groups in total. The molecule has 1 saturated heterocycles. The second-order valence-corrected chi connectivity index (χ2v) is 6.92. The van der Waals surface area contributed by atoms with Crippen LogP contribution in [0.3, 0.4) is 0 Å². The fraction of sp³-hybridized carbons (Fsp3) is 0.350. The van der Waals surface area contributed by atoms with Crippen molar-refractivity contribution in [3.05, 3.63) is 53.6 Å². The molecular weight excluding hydrogens is 331 g/mol. The third-order valence-corrected chi connectivity index (χ3v) is 5.37. The fourth-order valence-corrected chi connectivity index (χ4v) is 3.98. The maximum atomic E-state index is 13.6. The van der Waals surface area contributed by atoms with Crippen molar-refractivity contribution >= 4 is 22.4 Å². The largest absolute Gasteiger partial charge is 0.378 e. The van der Waals surface area contributed by atoms with Gasteiger partial charge >= 0.3 is 0 Å². The maximum absolute atomic E-state index is 13.6. The number of ether oxygens (including phenoxy) is 1. The van der Waals surface area contributed by atoms with Crippen LogP contribution < -0.4 is 9.80 Å². The van der Waals surface area contributed by atoms with Crippen molar-refractivity contribution in [3.8, 4) is 0 Å². The Kier molecular flexibility index (Phi) is 3.78. The lowest BCUT2D eigenvalue weighted by atomic mass is 10.0. The summed E-state index contributed by atoms with van der Waals surface area (Å²) in [5.74, 6) is 0.834. The van der Waals surface area contributed by atoms with Crippen LogP contribution >= 0.6 is 0 Å². The monoisotopic (exact) mass is 352 g/mol. The Bertz CT molecular complexity index is 931. The molecule has 134 valence electrons. The second-order valence-electron chi connectivity index (χ2n) is 6.92. The molecule has 2 aliphatic rings. The smallest absolute Gasteiger partial charge is 0.128 e. The number of hydrogen-bond acceptors (Lipinski definition) is 4. The minimum atomic E-state index is -0.176. The van der Waals surface area contributed by atoms with E-state index in [0.717, 1.165) is 68.2 Å². The van der Waals surface area contributed by atoms with Gasteiger partial charge in [0.25, 0.3) is 0 Å². The normalized spacial score (nSPS) is 17.6. The first-order valence-electron chi connectivity index (χ1n) is 9.10. The molecule has 0 aliphatic carbocycles. The van der Waals surface area contributed by atoms with Gasteiger partial charge in [0, 0.05) is 36.2 Å². The average Bonchev–Trinajstić information content (AvgIpc) is 3.06. The molecule has 3 aromatic rings. The predicted molar refractivity (Wildman–Crippen MR) is 100 cm³/mol. The number of halogens is 1. The number of fused-ring (bicyclic) bond motifs is 3. The van der Waals surface area contributed by atoms with Gasteiger partial charge in [0.05, 0.1) is 31.6 Å². The zero-order valence-electron chi connectivity index (χ0n) is 14.5. The van der Waals surface area contributed by atoms with E-state index in [-0.39, 0.29) is 5.82 Å². The molecule has 0 spiro atoms. The standard InChI is InChI=1S/C20H21FN4O/c21-14-1-3-18-17(11-14)16-5-6-25(13-19(16)23-18)15-2-4-20(22-12-15)24-7-9-26-10-8-24/h1-4,11-12,23H,5-10,13H2. The number of anilines is 2. The molecule has 1 fully saturated rings. The van der Waals surface area contributed by atoms with Crippen LogP contribution in [0.1, 0.15) is 11.3 Å². The van der Waals surface area contributed by atoms with Crippen LogP contribution in [0.5, 0.6) is 0 Å². The summed E-state index contributed by atoms with van der Waals surface area (Å²) >= 11 is 0. The van der Waals surface area contributed by atoms with E-state index in [2.05, 4.69) is 31.9 Å². The molecule has 5 rings (SSSR count). The molecule has 0 radical (unpaired) electrons. The quantitative estimate of drug-likeness (QED) is 0.770. The fourth-order valence-electron chi connectivity index (χ4n) is 3.98. The Morgan fingerprint density at radius 3 is 2.73 bits per heavy atom. The van der Waals surface area contributed by atoms with E-state index in [9.17, 15) is 4.39 Å². The summed E-state index contributed by atoms with van der Waals surface area (Å²) in [6.07, 6.45) is 2.86. The van der Waals surface area contributed by atoms with Crippen LogP contribution in [-0.4, -0.2) is 42.8 Å². The van der Waals surface area contributed by atoms with Crippen molar-refractivity contribution in [2.45, 2.75) is 13.0 Å². The number of rotatable bonds is 2. The number of nitrogens with zero attached hydrogens (tertiary/aromatic N) is 3. The summed E-state index contributed by atoms with van der Waals surface area (Å²) < 4.78 is 19.0. The van der Waals surface area contributed by atoms with Crippen molar-refractivity contribution in [2.24, 2.45) is 0 Å². The number of benzene rings is 1. The van der Waals surface area contributed by atoms with Gasteiger partial charge in [-0.2, -0.15) is 0 Å². The Morgan fingerprint density at radius 1 is 1.04 bits per heavy atom. The molecule has 0 amide bonds. The number of pyridine rings is 1. The summed E-state index contributed by atoms with van der Waals surface area (Å²) in [5, 5.41) is 1.01. The van der Waals surface area contributed by atoms with Crippen molar-refractivity contribution < 1.29 is 9.13 Å². The van der Waals surface area contributed by atoms with Crippen molar-refractivity contribution in [2.75, 3.05) is 42.6 Å². The average molecular weight is 352 g/mol. The lowest BCUT2D eigenvalue weighted by Gasteiger charge is -2.30. The van der Waals surface area contributed by atoms with Gasteiger partial charge in [0.1, 0.15) is 11.6 Å². The maximum Gasteiger partial charge on any atom is 0.128 e. The number of aromatic amines is 1. The number of nitrogens with one attached hydrogen (secondary N) is 1. The molecule has 26 heavy (non-hydrogen) atoms. The highest BCUT2D eigenvalue weighted by Gasteiger charge is 2.21. The summed E-state index contributed by atoms with van der Waals surface area (Å²) in [6, 6.07) is 9.21. The van der Waals surface area contributed by atoms with Crippen LogP contribution in [0.4, 0.5) is 15.9 Å². The van der Waals surface area contributed by atoms with Gasteiger partial charge in [-0.1, -0.05) is 0 Å². The lowest BCUT2D eigenvalue weighted by molar-refractivity contribution is 0.122. The van der Waals surface area contributed by atoms with Crippen LogP contribution in [0, 0.1) is 5.82 Å². The minimum Gasteiger partial charge on any atom is -0.378 e. The van der Waals surface area contributed by atoms with Crippen molar-refractivity contribution in [1.29, 1.82) is 0 Å². The van der Waals surface area contributed by atoms with Crippen molar-refractivity contribution in [3.63, 3.8) is 0 Å². The summed E-state index contributed by atoms with van der Waals surface area (Å²) in [4.78, 5) is 12.7. The van der Waals surface area contributed by atoms with Gasteiger partial charge in [-0.15, -0.1) is 0 Å². The molecule has 1 aromatic carbocycles. The predicted octanol–water partition coefficient (Wildman–Crippen LogP) is 3.10. The Morgan fingerprint density at radius 2 is 1.92 bits per heavy atom. The van der Waals surface area contributed by atoms with E-state index in [1.54, 1.807) is 6.07 Å². The highest BCUT2D eigenvalue weighted by molar-refractivity contribution is 5.85. The van der Waals surface area contributed by atoms with Gasteiger partial charge in [0.15, 0.2) is 0 Å². The van der Waals surface area contributed by atoms with Gasteiger partial charge in [-0.25, -0.2) is 9.37 Å². The lowest BCUT2D eigenvalue weighted by Crippen LogP contribution is -2.36. The molecule has 5 nitrogen and oxygen atoms in total. The van der Waals surface area contributed by atoms with Crippen LogP contribution in [0.25, 0.3) is 10.9 Å². The number of hydrogen-bond donors (Lipinski definition) is 1. The zero-order valence-corrected chi connectivity index (χ0v) is 14.5. The van der Waals surface area contributed by atoms with E-state index in [1.807, 2.05) is 12.3 Å². The highest BCUT2D eigenvalue weighted by atomic mass is 19.1. The first kappa shape index (κ1) is 15.6. The van der Waals surface area contributed by atoms with E-state index in [1.165, 1.54) is 17.3 Å². The first-order chi connectivity index (χ1) is 12.8. The van der Waals surface area contributed by atoms with Gasteiger partial charge in [-0.3, -0.25) is 0 Å². The Labute approximate surface area is 151 Å². The second kappa shape index (κ2) is 6.29. The summed E-state index contributed by atoms with van der Waals surface area (Å²) in [5.41, 5.74) is 4.55. The van der Waals surface area contributed by atoms with Crippen LogP contribution in [-0.2, 0) is 17.7 Å². The van der Waals surface area contributed by atoms with Gasteiger partial charge in [-0.05, 0) is 42.3 Å². The molecular formula is C20H21FN4O. The van der Waals surface area contributed by atoms with Gasteiger partial charge < -0.3 is 19.5 Å². The Hall–Kier alpha value is -2.60. The molecule has 0 unspecified atom stereocenters. The highest BCUT2D eigenvalue weighted by Crippen LogP contribution is 2.30. The van der Waals surface area contributed by atoms with E-state index < -0.39 is 0 Å². The third kappa shape index (κ3) is 2.70.